The number of amides is 1. The summed E-state index contributed by atoms with van der Waals surface area (Å²) in [5, 5.41) is 11.6. The van der Waals surface area contributed by atoms with Crippen LogP contribution in [0.15, 0.2) is 22.9 Å². The van der Waals surface area contributed by atoms with Gasteiger partial charge in [-0.15, -0.1) is 0 Å². The van der Waals surface area contributed by atoms with E-state index >= 15 is 0 Å². The second kappa shape index (κ2) is 6.49. The highest BCUT2D eigenvalue weighted by Crippen LogP contribution is 2.14. The predicted molar refractivity (Wildman–Crippen MR) is 70.0 cm³/mol. The minimum Gasteiger partial charge on any atom is -0.480 e. The Hall–Kier alpha value is -1.43. The number of halogens is 1. The number of hydrogen-bond donors (Lipinski definition) is 2. The van der Waals surface area contributed by atoms with Gasteiger partial charge in [0.15, 0.2) is 0 Å². The van der Waals surface area contributed by atoms with Crippen molar-refractivity contribution >= 4 is 27.8 Å². The first kappa shape index (κ1) is 14.6. The van der Waals surface area contributed by atoms with Crippen molar-refractivity contribution < 1.29 is 14.7 Å². The summed E-state index contributed by atoms with van der Waals surface area (Å²) in [6.45, 7) is 3.43. The van der Waals surface area contributed by atoms with Crippen LogP contribution in [-0.2, 0) is 16.0 Å². The van der Waals surface area contributed by atoms with Gasteiger partial charge >= 0.3 is 5.97 Å². The van der Waals surface area contributed by atoms with E-state index < -0.39 is 12.0 Å². The molecule has 1 aromatic heterocycles. The van der Waals surface area contributed by atoms with E-state index in [2.05, 4.69) is 26.2 Å². The Morgan fingerprint density at radius 2 is 2.17 bits per heavy atom. The van der Waals surface area contributed by atoms with Crippen LogP contribution in [0.25, 0.3) is 0 Å². The van der Waals surface area contributed by atoms with Crippen molar-refractivity contribution in [1.29, 1.82) is 0 Å². The number of pyridine rings is 1. The Labute approximate surface area is 114 Å². The second-order valence-corrected chi connectivity index (χ2v) is 4.96. The van der Waals surface area contributed by atoms with Gasteiger partial charge in [-0.1, -0.05) is 19.9 Å². The smallest absolute Gasteiger partial charge is 0.326 e. The number of carboxylic acids is 1. The molecule has 5 nitrogen and oxygen atoms in total. The molecule has 1 heterocycles. The zero-order valence-corrected chi connectivity index (χ0v) is 11.8. The molecule has 0 aliphatic heterocycles. The summed E-state index contributed by atoms with van der Waals surface area (Å²) in [7, 11) is 0. The van der Waals surface area contributed by atoms with Crippen molar-refractivity contribution in [2.24, 2.45) is 5.92 Å². The molecule has 1 aromatic rings. The zero-order chi connectivity index (χ0) is 13.7. The van der Waals surface area contributed by atoms with E-state index in [1.165, 1.54) is 0 Å². The summed E-state index contributed by atoms with van der Waals surface area (Å²) in [5.74, 6) is -1.58. The van der Waals surface area contributed by atoms with Crippen molar-refractivity contribution in [2.75, 3.05) is 0 Å². The number of aromatic nitrogens is 1. The summed E-state index contributed by atoms with van der Waals surface area (Å²) in [6.07, 6.45) is 1.80. The Morgan fingerprint density at radius 3 is 2.67 bits per heavy atom. The van der Waals surface area contributed by atoms with E-state index in [1.807, 2.05) is 0 Å². The van der Waals surface area contributed by atoms with E-state index in [4.69, 9.17) is 5.11 Å². The molecule has 6 heteroatoms. The quantitative estimate of drug-likeness (QED) is 0.809. The maximum absolute atomic E-state index is 11.5. The molecule has 1 amide bonds. The van der Waals surface area contributed by atoms with Gasteiger partial charge in [-0.2, -0.15) is 0 Å². The minimum atomic E-state index is -1.06. The average Bonchev–Trinajstić information content (AvgIpc) is 2.30. The van der Waals surface area contributed by atoms with Crippen LogP contribution in [0.2, 0.25) is 0 Å². The highest BCUT2D eigenvalue weighted by Gasteiger charge is 2.22. The summed E-state index contributed by atoms with van der Waals surface area (Å²) < 4.78 is 0.593. The number of hydrogen-bond acceptors (Lipinski definition) is 3. The Bertz CT molecular complexity index is 449. The molecule has 0 aliphatic carbocycles. The maximum atomic E-state index is 11.5. The monoisotopic (exact) mass is 314 g/mol. The Kier molecular flexibility index (Phi) is 5.27. The molecule has 0 aliphatic rings. The second-order valence-electron chi connectivity index (χ2n) is 4.21. The lowest BCUT2D eigenvalue weighted by molar-refractivity contribution is -0.142. The van der Waals surface area contributed by atoms with Crippen molar-refractivity contribution in [1.82, 2.24) is 10.3 Å². The number of aliphatic carboxylic acids is 1. The molecule has 0 spiro atoms. The summed E-state index contributed by atoms with van der Waals surface area (Å²) in [5.41, 5.74) is 0.744. The molecule has 0 radical (unpaired) electrons. The lowest BCUT2D eigenvalue weighted by atomic mass is 10.1. The molecule has 98 valence electrons. The Balaban J connectivity index is 2.79. The predicted octanol–water partition coefficient (Wildman–Crippen LogP) is 1.61. The first-order valence-electron chi connectivity index (χ1n) is 5.54. The normalized spacial score (nSPS) is 12.2. The van der Waals surface area contributed by atoms with Crippen LogP contribution in [-0.4, -0.2) is 28.0 Å². The number of carboxylic acid groups (broad SMARTS) is 1. The molecular weight excluding hydrogens is 300 g/mol. The minimum absolute atomic E-state index is 0.197. The number of nitrogens with zero attached hydrogens (tertiary/aromatic N) is 1. The third-order valence-corrected chi connectivity index (χ3v) is 3.11. The van der Waals surface area contributed by atoms with Crippen molar-refractivity contribution in [3.8, 4) is 0 Å². The van der Waals surface area contributed by atoms with E-state index in [-0.39, 0.29) is 18.2 Å². The molecule has 0 aromatic carbocycles. The van der Waals surface area contributed by atoms with E-state index in [0.29, 0.717) is 4.60 Å². The molecule has 0 saturated carbocycles. The number of carbonyl (C=O) groups excluding carboxylic acids is 1. The molecule has 0 unspecified atom stereocenters. The molecule has 2 N–H and O–H groups in total. The van der Waals surface area contributed by atoms with Crippen molar-refractivity contribution in [2.45, 2.75) is 26.3 Å². The topological polar surface area (TPSA) is 79.3 Å². The van der Waals surface area contributed by atoms with Gasteiger partial charge in [-0.3, -0.25) is 4.79 Å². The van der Waals surface area contributed by atoms with Crippen molar-refractivity contribution in [3.63, 3.8) is 0 Å². The van der Waals surface area contributed by atoms with Crippen LogP contribution in [0.4, 0.5) is 0 Å². The highest BCUT2D eigenvalue weighted by molar-refractivity contribution is 9.10. The summed E-state index contributed by atoms with van der Waals surface area (Å²) in [6, 6.07) is 2.55. The van der Waals surface area contributed by atoms with Gasteiger partial charge in [0.2, 0.25) is 5.91 Å². The fourth-order valence-corrected chi connectivity index (χ4v) is 1.74. The number of rotatable bonds is 5. The van der Waals surface area contributed by atoms with Crippen LogP contribution >= 0.6 is 15.9 Å². The molecule has 0 bridgehead atoms. The molecule has 0 fully saturated rings. The van der Waals surface area contributed by atoms with Crippen LogP contribution in [0, 0.1) is 5.92 Å². The third kappa shape index (κ3) is 4.10. The first-order chi connectivity index (χ1) is 8.41. The number of carbonyl (C=O) groups is 2. The lowest BCUT2D eigenvalue weighted by Gasteiger charge is -2.16. The van der Waals surface area contributed by atoms with Crippen LogP contribution < -0.4 is 5.32 Å². The van der Waals surface area contributed by atoms with Crippen molar-refractivity contribution in [3.05, 3.63) is 28.5 Å². The van der Waals surface area contributed by atoms with E-state index in [0.717, 1.165) is 5.56 Å². The van der Waals surface area contributed by atoms with Gasteiger partial charge in [-0.25, -0.2) is 9.78 Å². The molecule has 0 saturated heterocycles. The van der Waals surface area contributed by atoms with Gasteiger partial charge in [0, 0.05) is 18.5 Å². The maximum Gasteiger partial charge on any atom is 0.326 e. The Morgan fingerprint density at radius 1 is 1.50 bits per heavy atom. The SMILES string of the molecule is CC(C)C(=O)N[C@H](Cc1cccnc1Br)C(=O)O. The van der Waals surface area contributed by atoms with E-state index in [1.54, 1.807) is 32.2 Å². The first-order valence-corrected chi connectivity index (χ1v) is 6.33. The van der Waals surface area contributed by atoms with E-state index in [9.17, 15) is 9.59 Å². The third-order valence-electron chi connectivity index (χ3n) is 2.40. The van der Waals surface area contributed by atoms with Crippen LogP contribution in [0.5, 0.6) is 0 Å². The highest BCUT2D eigenvalue weighted by atomic mass is 79.9. The fraction of sp³-hybridized carbons (Fsp3) is 0.417. The largest absolute Gasteiger partial charge is 0.480 e. The van der Waals surface area contributed by atoms with Gasteiger partial charge in [-0.05, 0) is 27.6 Å². The standard InChI is InChI=1S/C12H15BrN2O3/c1-7(2)11(16)15-9(12(17)18)6-8-4-3-5-14-10(8)13/h3-5,7,9H,6H2,1-2H3,(H,15,16)(H,17,18)/t9-/m1/s1. The summed E-state index contributed by atoms with van der Waals surface area (Å²) >= 11 is 3.25. The molecular formula is C12H15BrN2O3. The fourth-order valence-electron chi connectivity index (χ4n) is 1.33. The average molecular weight is 315 g/mol. The van der Waals surface area contributed by atoms with Gasteiger partial charge in [0.25, 0.3) is 0 Å². The molecule has 18 heavy (non-hydrogen) atoms. The molecule has 1 rings (SSSR count). The van der Waals surface area contributed by atoms with Crippen LogP contribution in [0.3, 0.4) is 0 Å². The van der Waals surface area contributed by atoms with Gasteiger partial charge in [0.1, 0.15) is 10.6 Å². The lowest BCUT2D eigenvalue weighted by Crippen LogP contribution is -2.44. The summed E-state index contributed by atoms with van der Waals surface area (Å²) in [4.78, 5) is 26.7. The van der Waals surface area contributed by atoms with Crippen LogP contribution in [0.1, 0.15) is 19.4 Å². The zero-order valence-electron chi connectivity index (χ0n) is 10.2. The number of nitrogens with one attached hydrogen (secondary N) is 1. The van der Waals surface area contributed by atoms with Gasteiger partial charge < -0.3 is 10.4 Å². The van der Waals surface area contributed by atoms with Gasteiger partial charge in [0.05, 0.1) is 0 Å². The molecule has 1 atom stereocenters.